The first-order chi connectivity index (χ1) is 14.5. The Kier molecular flexibility index (Phi) is 6.82. The standard InChI is InChI=1S/C19H21F3N4O4S/c1-25-8-10-26(11-9-25)31(28,29)16-5-3-15(4-6-16)24-18(27)14-2-7-17(23-12-14)30-13-19(20,21)22/h2-7,12H,8-11,13H2,1H3,(H,24,27). The molecule has 0 spiro atoms. The molecule has 1 fully saturated rings. The zero-order valence-corrected chi connectivity index (χ0v) is 17.4. The van der Waals surface area contributed by atoms with Gasteiger partial charge in [0.25, 0.3) is 5.91 Å². The number of piperazine rings is 1. The molecule has 0 saturated carbocycles. The van der Waals surface area contributed by atoms with Crippen molar-refractivity contribution in [3.63, 3.8) is 0 Å². The summed E-state index contributed by atoms with van der Waals surface area (Å²) in [6.45, 7) is 0.651. The van der Waals surface area contributed by atoms with Gasteiger partial charge in [-0.05, 0) is 37.4 Å². The Hall–Kier alpha value is -2.70. The molecule has 8 nitrogen and oxygen atoms in total. The molecule has 168 valence electrons. The molecule has 3 rings (SSSR count). The molecule has 1 aromatic heterocycles. The molecule has 1 N–H and O–H groups in total. The van der Waals surface area contributed by atoms with E-state index in [0.717, 1.165) is 12.3 Å². The van der Waals surface area contributed by atoms with Gasteiger partial charge in [-0.25, -0.2) is 13.4 Å². The number of likely N-dealkylation sites (N-methyl/N-ethyl adjacent to an activating group) is 1. The molecular formula is C19H21F3N4O4S. The predicted molar refractivity (Wildman–Crippen MR) is 106 cm³/mol. The van der Waals surface area contributed by atoms with Crippen LogP contribution >= 0.6 is 0 Å². The van der Waals surface area contributed by atoms with Gasteiger partial charge >= 0.3 is 6.18 Å². The number of anilines is 1. The van der Waals surface area contributed by atoms with Crippen molar-refractivity contribution < 1.29 is 31.1 Å². The van der Waals surface area contributed by atoms with Crippen LogP contribution in [0.15, 0.2) is 47.5 Å². The molecule has 0 bridgehead atoms. The van der Waals surface area contributed by atoms with Crippen LogP contribution in [0.4, 0.5) is 18.9 Å². The summed E-state index contributed by atoms with van der Waals surface area (Å²) < 4.78 is 67.8. The van der Waals surface area contributed by atoms with Crippen molar-refractivity contribution >= 4 is 21.6 Å². The number of halogens is 3. The largest absolute Gasteiger partial charge is 0.468 e. The van der Waals surface area contributed by atoms with Crippen LogP contribution in [-0.2, 0) is 10.0 Å². The average Bonchev–Trinajstić information content (AvgIpc) is 2.73. The summed E-state index contributed by atoms with van der Waals surface area (Å²) in [5, 5.41) is 2.58. The number of nitrogens with zero attached hydrogens (tertiary/aromatic N) is 3. The molecule has 1 amide bonds. The van der Waals surface area contributed by atoms with E-state index in [1.807, 2.05) is 7.05 Å². The summed E-state index contributed by atoms with van der Waals surface area (Å²) in [4.78, 5) is 18.2. The van der Waals surface area contributed by atoms with E-state index in [1.54, 1.807) is 0 Å². The molecule has 0 aliphatic carbocycles. The Labute approximate surface area is 177 Å². The quantitative estimate of drug-likeness (QED) is 0.714. The fraction of sp³-hybridized carbons (Fsp3) is 0.368. The van der Waals surface area contributed by atoms with Gasteiger partial charge in [0.2, 0.25) is 15.9 Å². The molecule has 0 atom stereocenters. The summed E-state index contributed by atoms with van der Waals surface area (Å²) in [5.74, 6) is -0.808. The number of nitrogens with one attached hydrogen (secondary N) is 1. The second kappa shape index (κ2) is 9.20. The number of benzene rings is 1. The maximum absolute atomic E-state index is 12.7. The number of hydrogen-bond donors (Lipinski definition) is 1. The lowest BCUT2D eigenvalue weighted by Crippen LogP contribution is -2.46. The van der Waals surface area contributed by atoms with Crippen molar-refractivity contribution in [3.05, 3.63) is 48.2 Å². The van der Waals surface area contributed by atoms with Gasteiger partial charge in [-0.3, -0.25) is 4.79 Å². The summed E-state index contributed by atoms with van der Waals surface area (Å²) in [5.41, 5.74) is 0.466. The lowest BCUT2D eigenvalue weighted by molar-refractivity contribution is -0.154. The molecule has 0 radical (unpaired) electrons. The van der Waals surface area contributed by atoms with Gasteiger partial charge < -0.3 is 15.0 Å². The summed E-state index contributed by atoms with van der Waals surface area (Å²) in [7, 11) is -1.68. The normalized spacial score (nSPS) is 16.1. The van der Waals surface area contributed by atoms with E-state index >= 15 is 0 Å². The lowest BCUT2D eigenvalue weighted by atomic mass is 10.2. The topological polar surface area (TPSA) is 91.8 Å². The predicted octanol–water partition coefficient (Wildman–Crippen LogP) is 2.21. The molecule has 2 aromatic rings. The van der Waals surface area contributed by atoms with Gasteiger partial charge in [-0.15, -0.1) is 0 Å². The maximum atomic E-state index is 12.7. The number of alkyl halides is 3. The number of rotatable bonds is 6. The highest BCUT2D eigenvalue weighted by atomic mass is 32.2. The second-order valence-electron chi connectivity index (χ2n) is 6.97. The first-order valence-electron chi connectivity index (χ1n) is 9.30. The number of hydrogen-bond acceptors (Lipinski definition) is 6. The van der Waals surface area contributed by atoms with Crippen molar-refractivity contribution in [3.8, 4) is 5.88 Å². The average molecular weight is 458 g/mol. The SMILES string of the molecule is CN1CCN(S(=O)(=O)c2ccc(NC(=O)c3ccc(OCC(F)(F)F)nc3)cc2)CC1. The zero-order valence-electron chi connectivity index (χ0n) is 16.6. The number of pyridine rings is 1. The maximum Gasteiger partial charge on any atom is 0.422 e. The molecule has 31 heavy (non-hydrogen) atoms. The Balaban J connectivity index is 1.61. The highest BCUT2D eigenvalue weighted by Gasteiger charge is 2.29. The third-order valence-electron chi connectivity index (χ3n) is 4.59. The van der Waals surface area contributed by atoms with E-state index in [4.69, 9.17) is 0 Å². The van der Waals surface area contributed by atoms with E-state index in [1.165, 1.54) is 34.6 Å². The number of sulfonamides is 1. The number of carbonyl (C=O) groups is 1. The second-order valence-corrected chi connectivity index (χ2v) is 8.91. The Morgan fingerprint density at radius 1 is 1.10 bits per heavy atom. The molecule has 12 heteroatoms. The van der Waals surface area contributed by atoms with Gasteiger partial charge in [0, 0.05) is 44.1 Å². The van der Waals surface area contributed by atoms with Crippen molar-refractivity contribution in [2.24, 2.45) is 0 Å². The van der Waals surface area contributed by atoms with Crippen LogP contribution in [0.25, 0.3) is 0 Å². The van der Waals surface area contributed by atoms with E-state index in [2.05, 4.69) is 19.9 Å². The van der Waals surface area contributed by atoms with Crippen molar-refractivity contribution in [2.75, 3.05) is 45.2 Å². The van der Waals surface area contributed by atoms with Gasteiger partial charge in [0.15, 0.2) is 6.61 Å². The van der Waals surface area contributed by atoms with E-state index in [-0.39, 0.29) is 16.3 Å². The van der Waals surface area contributed by atoms with E-state index in [0.29, 0.717) is 31.9 Å². The molecule has 1 saturated heterocycles. The molecule has 0 unspecified atom stereocenters. The number of aromatic nitrogens is 1. The molecule has 2 heterocycles. The van der Waals surface area contributed by atoms with Crippen LogP contribution in [0.5, 0.6) is 5.88 Å². The van der Waals surface area contributed by atoms with Crippen LogP contribution in [0.3, 0.4) is 0 Å². The summed E-state index contributed by atoms with van der Waals surface area (Å²) in [6.07, 6.45) is -3.39. The van der Waals surface area contributed by atoms with E-state index < -0.39 is 28.7 Å². The van der Waals surface area contributed by atoms with Crippen LogP contribution in [-0.4, -0.2) is 74.5 Å². The smallest absolute Gasteiger partial charge is 0.422 e. The van der Waals surface area contributed by atoms with Gasteiger partial charge in [0.05, 0.1) is 10.5 Å². The third kappa shape index (κ3) is 6.15. The minimum atomic E-state index is -4.48. The van der Waals surface area contributed by atoms with Crippen LogP contribution in [0, 0.1) is 0 Å². The number of ether oxygens (including phenoxy) is 1. The molecule has 1 aromatic carbocycles. The highest BCUT2D eigenvalue weighted by molar-refractivity contribution is 7.89. The minimum Gasteiger partial charge on any atom is -0.468 e. The van der Waals surface area contributed by atoms with E-state index in [9.17, 15) is 26.4 Å². The van der Waals surface area contributed by atoms with Crippen LogP contribution in [0.2, 0.25) is 0 Å². The fourth-order valence-corrected chi connectivity index (χ4v) is 4.27. The zero-order chi connectivity index (χ0) is 22.6. The Bertz CT molecular complexity index is 1000. The van der Waals surface area contributed by atoms with Crippen LogP contribution < -0.4 is 10.1 Å². The first-order valence-corrected chi connectivity index (χ1v) is 10.7. The Morgan fingerprint density at radius 2 is 1.74 bits per heavy atom. The van der Waals surface area contributed by atoms with Crippen molar-refractivity contribution in [2.45, 2.75) is 11.1 Å². The number of carbonyl (C=O) groups excluding carboxylic acids is 1. The lowest BCUT2D eigenvalue weighted by Gasteiger charge is -2.31. The van der Waals surface area contributed by atoms with Crippen molar-refractivity contribution in [1.82, 2.24) is 14.2 Å². The highest BCUT2D eigenvalue weighted by Crippen LogP contribution is 2.21. The van der Waals surface area contributed by atoms with Gasteiger partial charge in [-0.1, -0.05) is 0 Å². The Morgan fingerprint density at radius 3 is 2.29 bits per heavy atom. The number of amides is 1. The van der Waals surface area contributed by atoms with Gasteiger partial charge in [0.1, 0.15) is 0 Å². The fourth-order valence-electron chi connectivity index (χ4n) is 2.85. The van der Waals surface area contributed by atoms with Crippen molar-refractivity contribution in [1.29, 1.82) is 0 Å². The summed E-state index contributed by atoms with van der Waals surface area (Å²) in [6, 6.07) is 8.20. The summed E-state index contributed by atoms with van der Waals surface area (Å²) >= 11 is 0. The first kappa shape index (κ1) is 23.0. The van der Waals surface area contributed by atoms with Crippen LogP contribution in [0.1, 0.15) is 10.4 Å². The minimum absolute atomic E-state index is 0.105. The molecule has 1 aliphatic heterocycles. The molecular weight excluding hydrogens is 437 g/mol. The third-order valence-corrected chi connectivity index (χ3v) is 6.51. The molecule has 1 aliphatic rings. The monoisotopic (exact) mass is 458 g/mol. The van der Waals surface area contributed by atoms with Gasteiger partial charge in [-0.2, -0.15) is 17.5 Å².